The highest BCUT2D eigenvalue weighted by molar-refractivity contribution is 6.39. The predicted octanol–water partition coefficient (Wildman–Crippen LogP) is 1.05. The van der Waals surface area contributed by atoms with Crippen LogP contribution in [0.1, 0.15) is 16.8 Å². The molecule has 0 aromatic heterocycles. The molecule has 0 saturated carbocycles. The standard InChI is InChI=1S/C11H10Cl2N2O4/c12-5-2-1-3-6(13)9(5)10(17)15-7(11(18)19)4-8(14)16/h1-3,7H,4H2,(H2,14,16)(H,15,17)(H,18,19)/t7-/m1/s1. The second-order valence-electron chi connectivity index (χ2n) is 3.63. The van der Waals surface area contributed by atoms with E-state index >= 15 is 0 Å². The zero-order valence-corrected chi connectivity index (χ0v) is 11.0. The number of primary amides is 1. The topological polar surface area (TPSA) is 109 Å². The van der Waals surface area contributed by atoms with Crippen LogP contribution < -0.4 is 11.1 Å². The van der Waals surface area contributed by atoms with Gasteiger partial charge in [-0.1, -0.05) is 29.3 Å². The van der Waals surface area contributed by atoms with Gasteiger partial charge in [-0.15, -0.1) is 0 Å². The van der Waals surface area contributed by atoms with Gasteiger partial charge in [0.05, 0.1) is 22.0 Å². The molecule has 0 fully saturated rings. The average molecular weight is 305 g/mol. The van der Waals surface area contributed by atoms with Gasteiger partial charge in [0.25, 0.3) is 5.91 Å². The first-order valence-electron chi connectivity index (χ1n) is 5.09. The lowest BCUT2D eigenvalue weighted by Crippen LogP contribution is -2.43. The zero-order valence-electron chi connectivity index (χ0n) is 9.52. The predicted molar refractivity (Wildman–Crippen MR) is 69.2 cm³/mol. The summed E-state index contributed by atoms with van der Waals surface area (Å²) in [5.41, 5.74) is 4.85. The van der Waals surface area contributed by atoms with E-state index in [1.165, 1.54) is 12.1 Å². The monoisotopic (exact) mass is 304 g/mol. The number of aliphatic carboxylic acids is 1. The van der Waals surface area contributed by atoms with Crippen molar-refractivity contribution in [2.24, 2.45) is 5.73 Å². The van der Waals surface area contributed by atoms with E-state index in [1.807, 2.05) is 0 Å². The molecule has 4 N–H and O–H groups in total. The molecule has 0 bridgehead atoms. The summed E-state index contributed by atoms with van der Waals surface area (Å²) in [6.45, 7) is 0. The van der Waals surface area contributed by atoms with Gasteiger partial charge in [0.15, 0.2) is 0 Å². The fraction of sp³-hybridized carbons (Fsp3) is 0.182. The summed E-state index contributed by atoms with van der Waals surface area (Å²) < 4.78 is 0. The van der Waals surface area contributed by atoms with Crippen molar-refractivity contribution < 1.29 is 19.5 Å². The molecule has 1 aromatic carbocycles. The minimum atomic E-state index is -1.43. The van der Waals surface area contributed by atoms with Crippen molar-refractivity contribution in [2.75, 3.05) is 0 Å². The number of carboxylic acids is 1. The van der Waals surface area contributed by atoms with Gasteiger partial charge in [-0.2, -0.15) is 0 Å². The lowest BCUT2D eigenvalue weighted by Gasteiger charge is -2.14. The molecule has 19 heavy (non-hydrogen) atoms. The molecule has 1 aromatic rings. The summed E-state index contributed by atoms with van der Waals surface area (Å²) in [6, 6.07) is 2.98. The number of halogens is 2. The number of hydrogen-bond donors (Lipinski definition) is 3. The maximum Gasteiger partial charge on any atom is 0.326 e. The molecule has 1 atom stereocenters. The molecule has 0 aliphatic heterocycles. The zero-order chi connectivity index (χ0) is 14.6. The lowest BCUT2D eigenvalue weighted by molar-refractivity contribution is -0.140. The molecule has 102 valence electrons. The van der Waals surface area contributed by atoms with Gasteiger partial charge in [-0.25, -0.2) is 4.79 Å². The molecular weight excluding hydrogens is 295 g/mol. The van der Waals surface area contributed by atoms with E-state index in [0.29, 0.717) is 0 Å². The largest absolute Gasteiger partial charge is 0.480 e. The number of carbonyl (C=O) groups is 3. The summed E-state index contributed by atoms with van der Waals surface area (Å²) >= 11 is 11.6. The van der Waals surface area contributed by atoms with Gasteiger partial charge in [0.1, 0.15) is 6.04 Å². The maximum absolute atomic E-state index is 11.9. The van der Waals surface area contributed by atoms with Crippen LogP contribution in [-0.4, -0.2) is 28.9 Å². The van der Waals surface area contributed by atoms with Crippen LogP contribution in [0.4, 0.5) is 0 Å². The third kappa shape index (κ3) is 4.11. The smallest absolute Gasteiger partial charge is 0.326 e. The molecule has 2 amide bonds. The molecule has 0 spiro atoms. The fourth-order valence-corrected chi connectivity index (χ4v) is 1.92. The van der Waals surface area contributed by atoms with Gasteiger partial charge in [-0.05, 0) is 12.1 Å². The highest BCUT2D eigenvalue weighted by Gasteiger charge is 2.24. The van der Waals surface area contributed by atoms with E-state index in [2.05, 4.69) is 5.32 Å². The van der Waals surface area contributed by atoms with Crippen LogP contribution in [0, 0.1) is 0 Å². The Morgan fingerprint density at radius 1 is 1.26 bits per heavy atom. The van der Waals surface area contributed by atoms with Crippen molar-refractivity contribution in [3.05, 3.63) is 33.8 Å². The van der Waals surface area contributed by atoms with E-state index in [4.69, 9.17) is 34.0 Å². The quantitative estimate of drug-likeness (QED) is 0.755. The van der Waals surface area contributed by atoms with Crippen molar-refractivity contribution in [3.8, 4) is 0 Å². The van der Waals surface area contributed by atoms with E-state index in [1.54, 1.807) is 6.07 Å². The van der Waals surface area contributed by atoms with Crippen LogP contribution in [0.15, 0.2) is 18.2 Å². The van der Waals surface area contributed by atoms with Crippen LogP contribution in [-0.2, 0) is 9.59 Å². The molecule has 0 radical (unpaired) electrons. The Morgan fingerprint density at radius 3 is 2.21 bits per heavy atom. The Kier molecular flexibility index (Phi) is 5.14. The Labute approximate surface area is 118 Å². The van der Waals surface area contributed by atoms with Crippen LogP contribution in [0.5, 0.6) is 0 Å². The molecule has 8 heteroatoms. The Morgan fingerprint density at radius 2 is 1.79 bits per heavy atom. The van der Waals surface area contributed by atoms with Crippen LogP contribution in [0.2, 0.25) is 10.0 Å². The molecule has 0 aliphatic rings. The van der Waals surface area contributed by atoms with Crippen molar-refractivity contribution in [1.29, 1.82) is 0 Å². The second kappa shape index (κ2) is 6.40. The number of rotatable bonds is 5. The SMILES string of the molecule is NC(=O)C[C@@H](NC(=O)c1c(Cl)cccc1Cl)C(=O)O. The minimum Gasteiger partial charge on any atom is -0.480 e. The minimum absolute atomic E-state index is 0.0541. The van der Waals surface area contributed by atoms with Crippen LogP contribution in [0.3, 0.4) is 0 Å². The van der Waals surface area contributed by atoms with Gasteiger partial charge in [0, 0.05) is 0 Å². The number of carboxylic acid groups (broad SMARTS) is 1. The normalized spacial score (nSPS) is 11.7. The Bertz CT molecular complexity index is 513. The van der Waals surface area contributed by atoms with Crippen molar-refractivity contribution >= 4 is 41.0 Å². The molecule has 0 aliphatic carbocycles. The number of benzene rings is 1. The molecule has 6 nitrogen and oxygen atoms in total. The van der Waals surface area contributed by atoms with E-state index in [-0.39, 0.29) is 15.6 Å². The third-order valence-corrected chi connectivity index (χ3v) is 2.83. The number of hydrogen-bond acceptors (Lipinski definition) is 3. The molecule has 0 unspecified atom stereocenters. The summed E-state index contributed by atoms with van der Waals surface area (Å²) in [5, 5.41) is 11.2. The molecular formula is C11H10Cl2N2O4. The summed E-state index contributed by atoms with van der Waals surface area (Å²) in [7, 11) is 0. The number of nitrogens with two attached hydrogens (primary N) is 1. The Balaban J connectivity index is 2.94. The van der Waals surface area contributed by atoms with E-state index < -0.39 is 30.2 Å². The maximum atomic E-state index is 11.9. The highest BCUT2D eigenvalue weighted by Crippen LogP contribution is 2.24. The highest BCUT2D eigenvalue weighted by atomic mass is 35.5. The third-order valence-electron chi connectivity index (χ3n) is 2.20. The van der Waals surface area contributed by atoms with Crippen LogP contribution in [0.25, 0.3) is 0 Å². The average Bonchev–Trinajstić information content (AvgIpc) is 2.27. The first-order chi connectivity index (χ1) is 8.82. The first-order valence-corrected chi connectivity index (χ1v) is 5.84. The Hall–Kier alpha value is -1.79. The van der Waals surface area contributed by atoms with E-state index in [0.717, 1.165) is 0 Å². The lowest BCUT2D eigenvalue weighted by atomic mass is 10.1. The molecule has 1 rings (SSSR count). The number of nitrogens with one attached hydrogen (secondary N) is 1. The van der Waals surface area contributed by atoms with Gasteiger partial charge in [0.2, 0.25) is 5.91 Å². The molecule has 0 heterocycles. The number of amides is 2. The fourth-order valence-electron chi connectivity index (χ4n) is 1.35. The molecule has 0 saturated heterocycles. The van der Waals surface area contributed by atoms with Gasteiger partial charge in [-0.3, -0.25) is 9.59 Å². The summed E-state index contributed by atoms with van der Waals surface area (Å²) in [4.78, 5) is 33.5. The van der Waals surface area contributed by atoms with Crippen molar-refractivity contribution in [3.63, 3.8) is 0 Å². The first kappa shape index (κ1) is 15.3. The second-order valence-corrected chi connectivity index (χ2v) is 4.45. The van der Waals surface area contributed by atoms with Gasteiger partial charge >= 0.3 is 5.97 Å². The van der Waals surface area contributed by atoms with Crippen LogP contribution >= 0.6 is 23.2 Å². The summed E-state index contributed by atoms with van der Waals surface area (Å²) in [6.07, 6.45) is -0.525. The van der Waals surface area contributed by atoms with Crippen molar-refractivity contribution in [2.45, 2.75) is 12.5 Å². The van der Waals surface area contributed by atoms with E-state index in [9.17, 15) is 14.4 Å². The summed E-state index contributed by atoms with van der Waals surface area (Å²) in [5.74, 6) is -3.02. The van der Waals surface area contributed by atoms with Gasteiger partial charge < -0.3 is 16.2 Å². The van der Waals surface area contributed by atoms with Crippen molar-refractivity contribution in [1.82, 2.24) is 5.32 Å². The number of carbonyl (C=O) groups excluding carboxylic acids is 2.